The second kappa shape index (κ2) is 6.18. The molecule has 110 valence electrons. The number of benzene rings is 1. The molecule has 1 aliphatic carbocycles. The van der Waals surface area contributed by atoms with Gasteiger partial charge in [0.25, 0.3) is 0 Å². The molecule has 3 rings (SSSR count). The van der Waals surface area contributed by atoms with Gasteiger partial charge in [-0.15, -0.1) is 0 Å². The Balaban J connectivity index is 2.00. The van der Waals surface area contributed by atoms with Crippen molar-refractivity contribution in [3.8, 4) is 11.3 Å². The molecule has 4 nitrogen and oxygen atoms in total. The standard InChI is InChI=1S/C16H19FN4/c17-13-6-2-5-12(9-13)15-14(19-8-7-18)10-20-16(21-15)11-3-1-4-11/h2,5-6,9-11,19H,1,3-4,7-8,18H2. The van der Waals surface area contributed by atoms with Crippen LogP contribution in [0.5, 0.6) is 0 Å². The molecule has 0 amide bonds. The van der Waals surface area contributed by atoms with Crippen molar-refractivity contribution in [1.29, 1.82) is 0 Å². The molecule has 0 aliphatic heterocycles. The van der Waals surface area contributed by atoms with Crippen molar-refractivity contribution in [2.75, 3.05) is 18.4 Å². The van der Waals surface area contributed by atoms with Crippen molar-refractivity contribution in [1.82, 2.24) is 9.97 Å². The number of rotatable bonds is 5. The molecule has 0 radical (unpaired) electrons. The van der Waals surface area contributed by atoms with Crippen molar-refractivity contribution in [3.63, 3.8) is 0 Å². The summed E-state index contributed by atoms with van der Waals surface area (Å²) in [5.74, 6) is 1.04. The summed E-state index contributed by atoms with van der Waals surface area (Å²) < 4.78 is 13.5. The van der Waals surface area contributed by atoms with Gasteiger partial charge in [-0.3, -0.25) is 0 Å². The number of aromatic nitrogens is 2. The molecule has 21 heavy (non-hydrogen) atoms. The van der Waals surface area contributed by atoms with Gasteiger partial charge >= 0.3 is 0 Å². The van der Waals surface area contributed by atoms with E-state index >= 15 is 0 Å². The van der Waals surface area contributed by atoms with Crippen molar-refractivity contribution >= 4 is 5.69 Å². The number of nitrogens with zero attached hydrogens (tertiary/aromatic N) is 2. The monoisotopic (exact) mass is 286 g/mol. The van der Waals surface area contributed by atoms with E-state index in [1.54, 1.807) is 12.3 Å². The lowest BCUT2D eigenvalue weighted by Gasteiger charge is -2.24. The number of nitrogens with two attached hydrogens (primary N) is 1. The molecular weight excluding hydrogens is 267 g/mol. The highest BCUT2D eigenvalue weighted by molar-refractivity contribution is 5.73. The number of hydrogen-bond acceptors (Lipinski definition) is 4. The Morgan fingerprint density at radius 1 is 1.33 bits per heavy atom. The zero-order valence-electron chi connectivity index (χ0n) is 11.8. The summed E-state index contributed by atoms with van der Waals surface area (Å²) in [6, 6.07) is 6.50. The van der Waals surface area contributed by atoms with Gasteiger partial charge in [0, 0.05) is 24.6 Å². The summed E-state index contributed by atoms with van der Waals surface area (Å²) in [7, 11) is 0. The molecule has 0 unspecified atom stereocenters. The summed E-state index contributed by atoms with van der Waals surface area (Å²) in [5.41, 5.74) is 7.85. The van der Waals surface area contributed by atoms with Crippen LogP contribution in [0.1, 0.15) is 31.0 Å². The van der Waals surface area contributed by atoms with Crippen LogP contribution < -0.4 is 11.1 Å². The second-order valence-corrected chi connectivity index (χ2v) is 5.34. The fraction of sp³-hybridized carbons (Fsp3) is 0.375. The SMILES string of the molecule is NCCNc1cnc(C2CCC2)nc1-c1cccc(F)c1. The van der Waals surface area contributed by atoms with Crippen molar-refractivity contribution in [3.05, 3.63) is 42.1 Å². The highest BCUT2D eigenvalue weighted by atomic mass is 19.1. The van der Waals surface area contributed by atoms with Crippen molar-refractivity contribution < 1.29 is 4.39 Å². The fourth-order valence-corrected chi connectivity index (χ4v) is 2.45. The normalized spacial score (nSPS) is 14.8. The van der Waals surface area contributed by atoms with Crippen molar-refractivity contribution in [2.24, 2.45) is 5.73 Å². The lowest BCUT2D eigenvalue weighted by molar-refractivity contribution is 0.402. The maximum absolute atomic E-state index is 13.5. The highest BCUT2D eigenvalue weighted by Gasteiger charge is 2.23. The van der Waals surface area contributed by atoms with Crippen molar-refractivity contribution in [2.45, 2.75) is 25.2 Å². The zero-order valence-corrected chi connectivity index (χ0v) is 11.8. The number of nitrogens with one attached hydrogen (secondary N) is 1. The van der Waals surface area contributed by atoms with E-state index in [-0.39, 0.29) is 5.82 Å². The molecule has 1 aromatic heterocycles. The van der Waals surface area contributed by atoms with Crippen LogP contribution in [0.2, 0.25) is 0 Å². The number of anilines is 1. The minimum atomic E-state index is -0.263. The number of halogens is 1. The van der Waals surface area contributed by atoms with Gasteiger partial charge in [-0.25, -0.2) is 14.4 Å². The summed E-state index contributed by atoms with van der Waals surface area (Å²) in [5, 5.41) is 3.21. The predicted octanol–water partition coefficient (Wildman–Crippen LogP) is 2.92. The van der Waals surface area contributed by atoms with Crippen LogP contribution in [0.25, 0.3) is 11.3 Å². The van der Waals surface area contributed by atoms with Gasteiger partial charge < -0.3 is 11.1 Å². The lowest BCUT2D eigenvalue weighted by Crippen LogP contribution is -2.16. The third-order valence-electron chi connectivity index (χ3n) is 3.84. The van der Waals surface area contributed by atoms with E-state index in [4.69, 9.17) is 5.73 Å². The molecule has 0 bridgehead atoms. The van der Waals surface area contributed by atoms with Gasteiger partial charge in [-0.1, -0.05) is 18.6 Å². The Hall–Kier alpha value is -2.01. The summed E-state index contributed by atoms with van der Waals surface area (Å²) in [6.07, 6.45) is 5.30. The molecule has 0 spiro atoms. The second-order valence-electron chi connectivity index (χ2n) is 5.34. The van der Waals surface area contributed by atoms with E-state index in [0.29, 0.717) is 19.0 Å². The molecule has 0 saturated heterocycles. The average Bonchev–Trinajstić information content (AvgIpc) is 2.44. The maximum Gasteiger partial charge on any atom is 0.132 e. The van der Waals surface area contributed by atoms with E-state index in [1.807, 2.05) is 6.07 Å². The maximum atomic E-state index is 13.5. The van der Waals surface area contributed by atoms with Crippen LogP contribution in [0, 0.1) is 5.82 Å². The van der Waals surface area contributed by atoms with Gasteiger partial charge in [-0.2, -0.15) is 0 Å². The average molecular weight is 286 g/mol. The Morgan fingerprint density at radius 3 is 2.86 bits per heavy atom. The molecule has 3 N–H and O–H groups in total. The van der Waals surface area contributed by atoms with Gasteiger partial charge in [0.2, 0.25) is 0 Å². The van der Waals surface area contributed by atoms with E-state index in [0.717, 1.165) is 35.6 Å². The first-order chi connectivity index (χ1) is 10.3. The van der Waals surface area contributed by atoms with Gasteiger partial charge in [0.15, 0.2) is 0 Å². The van der Waals surface area contributed by atoms with Crippen LogP contribution in [-0.2, 0) is 0 Å². The van der Waals surface area contributed by atoms with Crippen LogP contribution in [-0.4, -0.2) is 23.1 Å². The van der Waals surface area contributed by atoms with E-state index in [2.05, 4.69) is 15.3 Å². The Bertz CT molecular complexity index is 625. The first kappa shape index (κ1) is 13.9. The lowest BCUT2D eigenvalue weighted by atomic mass is 9.85. The van der Waals surface area contributed by atoms with Crippen LogP contribution >= 0.6 is 0 Å². The molecule has 5 heteroatoms. The predicted molar refractivity (Wildman–Crippen MR) is 81.6 cm³/mol. The topological polar surface area (TPSA) is 63.8 Å². The third-order valence-corrected chi connectivity index (χ3v) is 3.84. The molecular formula is C16H19FN4. The zero-order chi connectivity index (χ0) is 14.7. The highest BCUT2D eigenvalue weighted by Crippen LogP contribution is 2.36. The molecule has 1 saturated carbocycles. The van der Waals surface area contributed by atoms with E-state index in [1.165, 1.54) is 18.6 Å². The Morgan fingerprint density at radius 2 is 2.19 bits per heavy atom. The van der Waals surface area contributed by atoms with Gasteiger partial charge in [0.1, 0.15) is 11.6 Å². The fourth-order valence-electron chi connectivity index (χ4n) is 2.45. The summed E-state index contributed by atoms with van der Waals surface area (Å²) in [6.45, 7) is 1.15. The number of hydrogen-bond donors (Lipinski definition) is 2. The molecule has 0 atom stereocenters. The summed E-state index contributed by atoms with van der Waals surface area (Å²) >= 11 is 0. The van der Waals surface area contributed by atoms with Crippen LogP contribution in [0.3, 0.4) is 0 Å². The van der Waals surface area contributed by atoms with E-state index < -0.39 is 0 Å². The van der Waals surface area contributed by atoms with Gasteiger partial charge in [0.05, 0.1) is 17.6 Å². The smallest absolute Gasteiger partial charge is 0.132 e. The summed E-state index contributed by atoms with van der Waals surface area (Å²) in [4.78, 5) is 9.13. The van der Waals surface area contributed by atoms with Crippen LogP contribution in [0.4, 0.5) is 10.1 Å². The quantitative estimate of drug-likeness (QED) is 0.887. The molecule has 1 heterocycles. The Kier molecular flexibility index (Phi) is 4.10. The molecule has 1 aromatic carbocycles. The largest absolute Gasteiger partial charge is 0.381 e. The third kappa shape index (κ3) is 3.03. The Labute approximate surface area is 123 Å². The first-order valence-corrected chi connectivity index (χ1v) is 7.35. The minimum absolute atomic E-state index is 0.263. The molecule has 2 aromatic rings. The first-order valence-electron chi connectivity index (χ1n) is 7.35. The van der Waals surface area contributed by atoms with E-state index in [9.17, 15) is 4.39 Å². The molecule has 1 fully saturated rings. The molecule has 1 aliphatic rings. The van der Waals surface area contributed by atoms with Gasteiger partial charge in [-0.05, 0) is 25.0 Å². The van der Waals surface area contributed by atoms with Crippen LogP contribution in [0.15, 0.2) is 30.5 Å². The minimum Gasteiger partial charge on any atom is -0.381 e.